The Morgan fingerprint density at radius 1 is 1.44 bits per heavy atom. The van der Waals surface area contributed by atoms with Gasteiger partial charge in [0.2, 0.25) is 0 Å². The molecular formula is C12H14N2S2. The Bertz CT molecular complexity index is 466. The SMILES string of the molecule is CSCCc1nc(-c2cccc(N)c2)cs1. The second-order valence-corrected chi connectivity index (χ2v) is 5.42. The highest BCUT2D eigenvalue weighted by molar-refractivity contribution is 7.98. The molecule has 0 saturated carbocycles. The number of nitrogen functional groups attached to an aromatic ring is 1. The van der Waals surface area contributed by atoms with Crippen molar-refractivity contribution in [2.24, 2.45) is 0 Å². The number of nitrogens with zero attached hydrogens (tertiary/aromatic N) is 1. The third-order valence-electron chi connectivity index (χ3n) is 2.25. The summed E-state index contributed by atoms with van der Waals surface area (Å²) < 4.78 is 0. The first-order valence-corrected chi connectivity index (χ1v) is 7.36. The quantitative estimate of drug-likeness (QED) is 0.846. The zero-order valence-electron chi connectivity index (χ0n) is 9.14. The molecule has 4 heteroatoms. The van der Waals surface area contributed by atoms with Gasteiger partial charge in [-0.3, -0.25) is 0 Å². The van der Waals surface area contributed by atoms with Crippen LogP contribution >= 0.6 is 23.1 Å². The van der Waals surface area contributed by atoms with Crippen molar-refractivity contribution in [2.45, 2.75) is 6.42 Å². The lowest BCUT2D eigenvalue weighted by molar-refractivity contribution is 1.11. The highest BCUT2D eigenvalue weighted by atomic mass is 32.2. The van der Waals surface area contributed by atoms with Crippen LogP contribution in [0.5, 0.6) is 0 Å². The number of nitrogens with two attached hydrogens (primary N) is 1. The van der Waals surface area contributed by atoms with Gasteiger partial charge in [0.1, 0.15) is 0 Å². The molecule has 0 fully saturated rings. The third kappa shape index (κ3) is 2.77. The van der Waals surface area contributed by atoms with Crippen LogP contribution in [0.25, 0.3) is 11.3 Å². The lowest BCUT2D eigenvalue weighted by atomic mass is 10.1. The van der Waals surface area contributed by atoms with E-state index in [0.29, 0.717) is 0 Å². The molecule has 0 unspecified atom stereocenters. The van der Waals surface area contributed by atoms with E-state index in [1.807, 2.05) is 36.0 Å². The molecule has 0 spiro atoms. The maximum atomic E-state index is 5.76. The zero-order chi connectivity index (χ0) is 11.4. The average Bonchev–Trinajstić information content (AvgIpc) is 2.75. The Labute approximate surface area is 104 Å². The molecule has 1 aromatic heterocycles. The van der Waals surface area contributed by atoms with E-state index in [4.69, 9.17) is 5.73 Å². The highest BCUT2D eigenvalue weighted by Crippen LogP contribution is 2.24. The average molecular weight is 250 g/mol. The third-order valence-corrected chi connectivity index (χ3v) is 3.78. The van der Waals surface area contributed by atoms with Crippen molar-refractivity contribution in [1.29, 1.82) is 0 Å². The minimum absolute atomic E-state index is 0.788. The topological polar surface area (TPSA) is 38.9 Å². The number of thiazole rings is 1. The Balaban J connectivity index is 2.18. The summed E-state index contributed by atoms with van der Waals surface area (Å²) in [6.07, 6.45) is 3.17. The summed E-state index contributed by atoms with van der Waals surface area (Å²) in [4.78, 5) is 4.61. The standard InChI is InChI=1S/C12H14N2S2/c1-15-6-5-12-14-11(8-16-12)9-3-2-4-10(13)7-9/h2-4,7-8H,5-6,13H2,1H3. The first kappa shape index (κ1) is 11.5. The second kappa shape index (κ2) is 5.37. The zero-order valence-corrected chi connectivity index (χ0v) is 10.8. The number of benzene rings is 1. The van der Waals surface area contributed by atoms with E-state index >= 15 is 0 Å². The highest BCUT2D eigenvalue weighted by Gasteiger charge is 2.04. The van der Waals surface area contributed by atoms with Crippen LogP contribution in [0, 0.1) is 0 Å². The van der Waals surface area contributed by atoms with Gasteiger partial charge in [0.05, 0.1) is 10.7 Å². The molecule has 0 aliphatic heterocycles. The number of rotatable bonds is 4. The van der Waals surface area contributed by atoms with Crippen LogP contribution in [-0.4, -0.2) is 17.0 Å². The molecule has 0 aliphatic carbocycles. The van der Waals surface area contributed by atoms with Gasteiger partial charge in [0, 0.05) is 23.1 Å². The number of hydrogen-bond acceptors (Lipinski definition) is 4. The van der Waals surface area contributed by atoms with Crippen LogP contribution in [0.15, 0.2) is 29.6 Å². The largest absolute Gasteiger partial charge is 0.399 e. The van der Waals surface area contributed by atoms with Gasteiger partial charge in [-0.05, 0) is 24.1 Å². The molecule has 1 aromatic carbocycles. The van der Waals surface area contributed by atoms with Crippen molar-refractivity contribution in [3.8, 4) is 11.3 Å². The molecule has 2 N–H and O–H groups in total. The number of anilines is 1. The number of aromatic nitrogens is 1. The van der Waals surface area contributed by atoms with Gasteiger partial charge in [-0.15, -0.1) is 11.3 Å². The molecule has 0 bridgehead atoms. The molecule has 2 rings (SSSR count). The van der Waals surface area contributed by atoms with Crippen LogP contribution < -0.4 is 5.73 Å². The Kier molecular flexibility index (Phi) is 3.85. The second-order valence-electron chi connectivity index (χ2n) is 3.49. The van der Waals surface area contributed by atoms with Gasteiger partial charge >= 0.3 is 0 Å². The van der Waals surface area contributed by atoms with Crippen molar-refractivity contribution in [2.75, 3.05) is 17.7 Å². The first-order chi connectivity index (χ1) is 7.79. The van der Waals surface area contributed by atoms with Crippen molar-refractivity contribution < 1.29 is 0 Å². The monoisotopic (exact) mass is 250 g/mol. The predicted molar refractivity (Wildman–Crippen MR) is 74.0 cm³/mol. The molecule has 1 heterocycles. The van der Waals surface area contributed by atoms with E-state index in [2.05, 4.69) is 16.6 Å². The van der Waals surface area contributed by atoms with Gasteiger partial charge in [0.15, 0.2) is 0 Å². The van der Waals surface area contributed by atoms with Crippen molar-refractivity contribution in [1.82, 2.24) is 4.98 Å². The van der Waals surface area contributed by atoms with Crippen LogP contribution in [-0.2, 0) is 6.42 Å². The number of hydrogen-bond donors (Lipinski definition) is 1. The molecule has 2 nitrogen and oxygen atoms in total. The molecule has 0 aliphatic rings. The van der Waals surface area contributed by atoms with E-state index in [0.717, 1.165) is 29.1 Å². The van der Waals surface area contributed by atoms with E-state index in [1.54, 1.807) is 11.3 Å². The molecule has 2 aromatic rings. The van der Waals surface area contributed by atoms with Crippen molar-refractivity contribution in [3.63, 3.8) is 0 Å². The number of aryl methyl sites for hydroxylation is 1. The van der Waals surface area contributed by atoms with Crippen LogP contribution in [0.3, 0.4) is 0 Å². The van der Waals surface area contributed by atoms with E-state index in [9.17, 15) is 0 Å². The van der Waals surface area contributed by atoms with Gasteiger partial charge in [-0.25, -0.2) is 4.98 Å². The lowest BCUT2D eigenvalue weighted by Gasteiger charge is -1.97. The van der Waals surface area contributed by atoms with Crippen LogP contribution in [0.2, 0.25) is 0 Å². The van der Waals surface area contributed by atoms with Crippen LogP contribution in [0.4, 0.5) is 5.69 Å². The Morgan fingerprint density at radius 2 is 2.31 bits per heavy atom. The fourth-order valence-electron chi connectivity index (χ4n) is 1.45. The summed E-state index contributed by atoms with van der Waals surface area (Å²) in [5, 5.41) is 3.30. The summed E-state index contributed by atoms with van der Waals surface area (Å²) in [7, 11) is 0. The minimum Gasteiger partial charge on any atom is -0.399 e. The lowest BCUT2D eigenvalue weighted by Crippen LogP contribution is -1.88. The van der Waals surface area contributed by atoms with Crippen LogP contribution in [0.1, 0.15) is 5.01 Å². The predicted octanol–water partition coefficient (Wildman–Crippen LogP) is 3.30. The van der Waals surface area contributed by atoms with Crippen molar-refractivity contribution in [3.05, 3.63) is 34.7 Å². The Morgan fingerprint density at radius 3 is 3.06 bits per heavy atom. The summed E-state index contributed by atoms with van der Waals surface area (Å²) >= 11 is 3.58. The van der Waals surface area contributed by atoms with E-state index in [1.165, 1.54) is 5.01 Å². The molecule has 16 heavy (non-hydrogen) atoms. The fourth-order valence-corrected chi connectivity index (χ4v) is 2.78. The molecular weight excluding hydrogens is 236 g/mol. The maximum absolute atomic E-state index is 5.76. The normalized spacial score (nSPS) is 10.6. The summed E-state index contributed by atoms with van der Waals surface area (Å²) in [6, 6.07) is 7.87. The molecule has 0 amide bonds. The summed E-state index contributed by atoms with van der Waals surface area (Å²) in [5.41, 5.74) is 8.68. The maximum Gasteiger partial charge on any atom is 0.0940 e. The van der Waals surface area contributed by atoms with Gasteiger partial charge < -0.3 is 5.73 Å². The molecule has 0 atom stereocenters. The van der Waals surface area contributed by atoms with Crippen molar-refractivity contribution >= 4 is 28.8 Å². The van der Waals surface area contributed by atoms with Gasteiger partial charge in [-0.1, -0.05) is 12.1 Å². The minimum atomic E-state index is 0.788. The Hall–Kier alpha value is -1.000. The molecule has 84 valence electrons. The molecule has 0 saturated heterocycles. The smallest absolute Gasteiger partial charge is 0.0940 e. The van der Waals surface area contributed by atoms with Gasteiger partial charge in [-0.2, -0.15) is 11.8 Å². The van der Waals surface area contributed by atoms with E-state index in [-0.39, 0.29) is 0 Å². The van der Waals surface area contributed by atoms with E-state index < -0.39 is 0 Å². The van der Waals surface area contributed by atoms with Gasteiger partial charge in [0.25, 0.3) is 0 Å². The number of thioether (sulfide) groups is 1. The molecule has 0 radical (unpaired) electrons. The fraction of sp³-hybridized carbons (Fsp3) is 0.250. The summed E-state index contributed by atoms with van der Waals surface area (Å²) in [6.45, 7) is 0. The summed E-state index contributed by atoms with van der Waals surface area (Å²) in [5.74, 6) is 1.13. The first-order valence-electron chi connectivity index (χ1n) is 5.09.